The Morgan fingerprint density at radius 3 is 1.86 bits per heavy atom. The molecule has 0 spiro atoms. The van der Waals surface area contributed by atoms with Crippen molar-refractivity contribution in [2.24, 2.45) is 0 Å². The summed E-state index contributed by atoms with van der Waals surface area (Å²) in [5, 5.41) is 0. The predicted octanol–water partition coefficient (Wildman–Crippen LogP) is 3.43. The molecule has 112 valence electrons. The average Bonchev–Trinajstić information content (AvgIpc) is 3.34. The van der Waals surface area contributed by atoms with Crippen LogP contribution in [-0.2, 0) is 10.0 Å². The Balaban J connectivity index is 1.82. The molecule has 0 aromatic heterocycles. The molecule has 1 aromatic rings. The molecule has 0 heterocycles. The first-order chi connectivity index (χ1) is 10.1. The third kappa shape index (κ3) is 3.83. The van der Waals surface area contributed by atoms with Gasteiger partial charge in [-0.05, 0) is 44.7 Å². The van der Waals surface area contributed by atoms with Crippen LogP contribution in [0.3, 0.4) is 0 Å². The normalized spacial score (nSPS) is 17.0. The Kier molecular flexibility index (Phi) is 4.00. The molecule has 3 rings (SSSR count). The van der Waals surface area contributed by atoms with E-state index in [0.29, 0.717) is 18.0 Å². The number of hydrogen-bond donors (Lipinski definition) is 0. The molecule has 2 fully saturated rings. The predicted molar refractivity (Wildman–Crippen MR) is 84.6 cm³/mol. The molecule has 2 aliphatic rings. The summed E-state index contributed by atoms with van der Waals surface area (Å²) in [7, 11) is -3.41. The van der Waals surface area contributed by atoms with Crippen LogP contribution in [0.2, 0.25) is 0 Å². The molecule has 0 N–H and O–H groups in total. The molecule has 2 aliphatic carbocycles. The molecule has 1 aromatic carbocycles. The maximum atomic E-state index is 12.8. The highest BCUT2D eigenvalue weighted by atomic mass is 32.2. The number of allylic oxidation sites excluding steroid dienone is 2. The first-order valence-corrected chi connectivity index (χ1v) is 8.92. The number of hydrogen-bond acceptors (Lipinski definition) is 2. The second-order valence-corrected chi connectivity index (χ2v) is 7.80. The highest BCUT2D eigenvalue weighted by Crippen LogP contribution is 2.29. The minimum absolute atomic E-state index is 0.386. The smallest absolute Gasteiger partial charge is 0.207 e. The number of sulfonamides is 1. The lowest BCUT2D eigenvalue weighted by atomic mass is 10.2. The second kappa shape index (κ2) is 5.78. The van der Waals surface area contributed by atoms with Gasteiger partial charge in [-0.1, -0.05) is 41.0 Å². The van der Waals surface area contributed by atoms with Crippen LogP contribution in [0.5, 0.6) is 0 Å². The van der Waals surface area contributed by atoms with Crippen LogP contribution in [0.4, 0.5) is 0 Å². The molecule has 3 nitrogen and oxygen atoms in total. The third-order valence-electron chi connectivity index (χ3n) is 3.90. The molecule has 0 amide bonds. The van der Waals surface area contributed by atoms with E-state index < -0.39 is 10.0 Å². The van der Waals surface area contributed by atoms with Gasteiger partial charge in [-0.3, -0.25) is 0 Å². The monoisotopic (exact) mass is 303 g/mol. The SMILES string of the molecule is Cc1ccc(S(=O)(=O)N(CC=C2CC2)CC=C2CC2)cc1. The zero-order chi connectivity index (χ0) is 14.9. The summed E-state index contributed by atoms with van der Waals surface area (Å²) in [6.45, 7) is 2.92. The number of rotatable bonds is 6. The summed E-state index contributed by atoms with van der Waals surface area (Å²) in [5.41, 5.74) is 3.82. The highest BCUT2D eigenvalue weighted by molar-refractivity contribution is 7.89. The summed E-state index contributed by atoms with van der Waals surface area (Å²) in [4.78, 5) is 0.386. The Hall–Kier alpha value is -1.39. The lowest BCUT2D eigenvalue weighted by Gasteiger charge is -2.19. The van der Waals surface area contributed by atoms with Crippen LogP contribution in [0, 0.1) is 6.92 Å². The fourth-order valence-electron chi connectivity index (χ4n) is 2.14. The first-order valence-electron chi connectivity index (χ1n) is 7.48. The maximum absolute atomic E-state index is 12.8. The van der Waals surface area contributed by atoms with Crippen molar-refractivity contribution in [3.05, 3.63) is 53.1 Å². The summed E-state index contributed by atoms with van der Waals surface area (Å²) >= 11 is 0. The second-order valence-electron chi connectivity index (χ2n) is 5.86. The zero-order valence-corrected chi connectivity index (χ0v) is 13.2. The molecule has 0 bridgehead atoms. The third-order valence-corrected chi connectivity index (χ3v) is 5.75. The van der Waals surface area contributed by atoms with Gasteiger partial charge in [-0.25, -0.2) is 8.42 Å². The molecule has 4 heteroatoms. The number of aryl methyl sites for hydroxylation is 1. The van der Waals surface area contributed by atoms with Crippen molar-refractivity contribution in [3.63, 3.8) is 0 Å². The van der Waals surface area contributed by atoms with Crippen molar-refractivity contribution in [1.29, 1.82) is 0 Å². The van der Waals surface area contributed by atoms with Crippen molar-refractivity contribution in [2.45, 2.75) is 37.5 Å². The van der Waals surface area contributed by atoms with Crippen molar-refractivity contribution in [1.82, 2.24) is 4.31 Å². The summed E-state index contributed by atoms with van der Waals surface area (Å²) in [5.74, 6) is 0. The maximum Gasteiger partial charge on any atom is 0.243 e. The first kappa shape index (κ1) is 14.5. The molecule has 0 radical (unpaired) electrons. The minimum Gasteiger partial charge on any atom is -0.207 e. The molecular formula is C17H21NO2S. The van der Waals surface area contributed by atoms with Gasteiger partial charge in [-0.15, -0.1) is 0 Å². The van der Waals surface area contributed by atoms with E-state index in [4.69, 9.17) is 0 Å². The highest BCUT2D eigenvalue weighted by Gasteiger charge is 2.24. The van der Waals surface area contributed by atoms with E-state index >= 15 is 0 Å². The minimum atomic E-state index is -3.41. The van der Waals surface area contributed by atoms with Gasteiger partial charge in [-0.2, -0.15) is 4.31 Å². The fourth-order valence-corrected chi connectivity index (χ4v) is 3.46. The van der Waals surface area contributed by atoms with Crippen LogP contribution in [0.15, 0.2) is 52.5 Å². The molecular weight excluding hydrogens is 282 g/mol. The molecule has 0 atom stereocenters. The lowest BCUT2D eigenvalue weighted by Crippen LogP contribution is -2.31. The van der Waals surface area contributed by atoms with Crippen molar-refractivity contribution in [2.75, 3.05) is 13.1 Å². The van der Waals surface area contributed by atoms with Crippen LogP contribution >= 0.6 is 0 Å². The summed E-state index contributed by atoms with van der Waals surface area (Å²) < 4.78 is 27.1. The van der Waals surface area contributed by atoms with Crippen molar-refractivity contribution < 1.29 is 8.42 Å². The summed E-state index contributed by atoms with van der Waals surface area (Å²) in [6.07, 6.45) is 8.63. The zero-order valence-electron chi connectivity index (χ0n) is 12.4. The molecule has 0 saturated heterocycles. The van der Waals surface area contributed by atoms with Gasteiger partial charge in [0.2, 0.25) is 10.0 Å². The fraction of sp³-hybridized carbons (Fsp3) is 0.412. The molecule has 2 saturated carbocycles. The van der Waals surface area contributed by atoms with E-state index in [9.17, 15) is 8.42 Å². The van der Waals surface area contributed by atoms with Gasteiger partial charge in [0.05, 0.1) is 4.90 Å². The molecule has 21 heavy (non-hydrogen) atoms. The van der Waals surface area contributed by atoms with Crippen molar-refractivity contribution in [3.8, 4) is 0 Å². The van der Waals surface area contributed by atoms with Crippen molar-refractivity contribution >= 4 is 10.0 Å². The van der Waals surface area contributed by atoms with E-state index in [1.807, 2.05) is 19.1 Å². The Bertz CT molecular complexity index is 648. The van der Waals surface area contributed by atoms with E-state index in [2.05, 4.69) is 12.2 Å². The van der Waals surface area contributed by atoms with Crippen LogP contribution in [0.1, 0.15) is 31.2 Å². The van der Waals surface area contributed by atoms with Gasteiger partial charge in [0, 0.05) is 13.1 Å². The number of benzene rings is 1. The van der Waals surface area contributed by atoms with Gasteiger partial charge < -0.3 is 0 Å². The van der Waals surface area contributed by atoms with E-state index in [1.165, 1.54) is 11.1 Å². The molecule has 0 unspecified atom stereocenters. The average molecular weight is 303 g/mol. The Morgan fingerprint density at radius 1 is 0.952 bits per heavy atom. The standard InChI is InChI=1S/C17H21NO2S/c1-14-2-8-17(9-3-14)21(19,20)18(12-10-15-4-5-15)13-11-16-6-7-16/h2-3,8-11H,4-7,12-13H2,1H3. The quantitative estimate of drug-likeness (QED) is 0.755. The van der Waals surface area contributed by atoms with Gasteiger partial charge >= 0.3 is 0 Å². The van der Waals surface area contributed by atoms with Crippen LogP contribution in [-0.4, -0.2) is 25.8 Å². The summed E-state index contributed by atoms with van der Waals surface area (Å²) in [6, 6.07) is 7.10. The van der Waals surface area contributed by atoms with Crippen LogP contribution in [0.25, 0.3) is 0 Å². The lowest BCUT2D eigenvalue weighted by molar-refractivity contribution is 0.473. The largest absolute Gasteiger partial charge is 0.243 e. The number of nitrogens with zero attached hydrogens (tertiary/aromatic N) is 1. The topological polar surface area (TPSA) is 37.4 Å². The molecule has 0 aliphatic heterocycles. The van der Waals surface area contributed by atoms with E-state index in [0.717, 1.165) is 31.2 Å². The Morgan fingerprint density at radius 2 is 1.43 bits per heavy atom. The van der Waals surface area contributed by atoms with Gasteiger partial charge in [0.1, 0.15) is 0 Å². The Labute approximate surface area is 127 Å². The van der Waals surface area contributed by atoms with Gasteiger partial charge in [0.15, 0.2) is 0 Å². The van der Waals surface area contributed by atoms with E-state index in [-0.39, 0.29) is 0 Å². The van der Waals surface area contributed by atoms with Crippen LogP contribution < -0.4 is 0 Å². The van der Waals surface area contributed by atoms with E-state index in [1.54, 1.807) is 16.4 Å². The van der Waals surface area contributed by atoms with Gasteiger partial charge in [0.25, 0.3) is 0 Å².